The van der Waals surface area contributed by atoms with Gasteiger partial charge in [0.15, 0.2) is 0 Å². The van der Waals surface area contributed by atoms with Crippen molar-refractivity contribution in [1.82, 2.24) is 0 Å². The number of hydrogen-bond acceptors (Lipinski definition) is 2. The molecule has 1 atom stereocenters. The molecule has 0 heterocycles. The summed E-state index contributed by atoms with van der Waals surface area (Å²) in [6.07, 6.45) is 4.63. The zero-order valence-electron chi connectivity index (χ0n) is 7.66. The van der Waals surface area contributed by atoms with E-state index in [2.05, 4.69) is 0 Å². The minimum Gasteiger partial charge on any atom is -0.478 e. The Labute approximate surface area is 83.0 Å². The van der Waals surface area contributed by atoms with Gasteiger partial charge in [-0.05, 0) is 32.6 Å². The Balaban J connectivity index is 3.45. The molecule has 0 radical (unpaired) electrons. The molecule has 0 bridgehead atoms. The fraction of sp³-hybridized carbons (Fsp3) is 0.667. The van der Waals surface area contributed by atoms with Crippen molar-refractivity contribution < 1.29 is 15.0 Å². The Bertz CT molecular complexity index is 187. The molecule has 0 rings (SSSR count). The third-order valence-electron chi connectivity index (χ3n) is 1.68. The van der Waals surface area contributed by atoms with E-state index in [4.69, 9.17) is 21.8 Å². The maximum absolute atomic E-state index is 10.3. The van der Waals surface area contributed by atoms with Gasteiger partial charge in [-0.1, -0.05) is 17.7 Å². The van der Waals surface area contributed by atoms with Gasteiger partial charge in [0, 0.05) is 5.57 Å². The fourth-order valence-corrected chi connectivity index (χ4v) is 1.02. The summed E-state index contributed by atoms with van der Waals surface area (Å²) in [5, 5.41) is 17.2. The number of alkyl halides is 1. The topological polar surface area (TPSA) is 57.5 Å². The molecule has 0 aromatic rings. The smallest absolute Gasteiger partial charge is 0.330 e. The lowest BCUT2D eigenvalue weighted by atomic mass is 10.1. The minimum absolute atomic E-state index is 0.367. The molecule has 0 aliphatic heterocycles. The third-order valence-corrected chi connectivity index (χ3v) is 1.90. The van der Waals surface area contributed by atoms with Crippen LogP contribution in [0.2, 0.25) is 0 Å². The number of halogens is 1. The van der Waals surface area contributed by atoms with E-state index in [1.807, 2.05) is 0 Å². The average Bonchev–Trinajstić information content (AvgIpc) is 2.02. The van der Waals surface area contributed by atoms with Crippen LogP contribution in [0.1, 0.15) is 32.6 Å². The molecule has 0 aromatic carbocycles. The summed E-state index contributed by atoms with van der Waals surface area (Å²) in [7, 11) is 0. The van der Waals surface area contributed by atoms with Crippen molar-refractivity contribution in [3.05, 3.63) is 11.6 Å². The average molecular weight is 207 g/mol. The molecule has 3 nitrogen and oxygen atoms in total. The third kappa shape index (κ3) is 7.81. The molecule has 2 N–H and O–H groups in total. The number of rotatable bonds is 6. The summed E-state index contributed by atoms with van der Waals surface area (Å²) >= 11 is 5.32. The molecule has 0 amide bonds. The monoisotopic (exact) mass is 206 g/mol. The normalized spacial score (nSPS) is 14.2. The molecular weight excluding hydrogens is 192 g/mol. The van der Waals surface area contributed by atoms with Crippen LogP contribution in [0.25, 0.3) is 0 Å². The largest absolute Gasteiger partial charge is 0.478 e. The Morgan fingerprint density at radius 1 is 1.54 bits per heavy atom. The molecule has 4 heteroatoms. The van der Waals surface area contributed by atoms with Crippen molar-refractivity contribution >= 4 is 17.6 Å². The standard InChI is InChI=1S/C9H15ClO3/c1-7(9(12)13)5-3-2-4-6-8(10)11/h5,8,11H,2-4,6H2,1H3,(H,12,13). The number of aliphatic hydroxyl groups excluding tert-OH is 1. The van der Waals surface area contributed by atoms with Gasteiger partial charge in [-0.25, -0.2) is 4.79 Å². The van der Waals surface area contributed by atoms with E-state index in [-0.39, 0.29) is 0 Å². The van der Waals surface area contributed by atoms with E-state index in [0.717, 1.165) is 19.3 Å². The molecular formula is C9H15ClO3. The van der Waals surface area contributed by atoms with Gasteiger partial charge in [0.2, 0.25) is 0 Å². The van der Waals surface area contributed by atoms with Crippen LogP contribution in [0.15, 0.2) is 11.6 Å². The quantitative estimate of drug-likeness (QED) is 0.398. The van der Waals surface area contributed by atoms with E-state index < -0.39 is 11.5 Å². The highest BCUT2D eigenvalue weighted by Gasteiger charge is 1.99. The predicted octanol–water partition coefficient (Wildman–Crippen LogP) is 2.13. The lowest BCUT2D eigenvalue weighted by molar-refractivity contribution is -0.132. The summed E-state index contributed by atoms with van der Waals surface area (Å²) in [4.78, 5) is 10.3. The maximum atomic E-state index is 10.3. The Morgan fingerprint density at radius 2 is 2.15 bits per heavy atom. The molecule has 0 aliphatic rings. The van der Waals surface area contributed by atoms with E-state index in [1.165, 1.54) is 0 Å². The molecule has 0 aliphatic carbocycles. The van der Waals surface area contributed by atoms with Gasteiger partial charge in [-0.15, -0.1) is 0 Å². The van der Waals surface area contributed by atoms with E-state index in [9.17, 15) is 4.79 Å². The zero-order chi connectivity index (χ0) is 10.3. The van der Waals surface area contributed by atoms with Crippen LogP contribution in [-0.4, -0.2) is 21.7 Å². The van der Waals surface area contributed by atoms with Crippen LogP contribution in [0.3, 0.4) is 0 Å². The Hall–Kier alpha value is -0.540. The highest BCUT2D eigenvalue weighted by molar-refractivity contribution is 6.19. The molecule has 0 spiro atoms. The van der Waals surface area contributed by atoms with Gasteiger partial charge in [-0.2, -0.15) is 0 Å². The molecule has 0 fully saturated rings. The minimum atomic E-state index is -0.877. The van der Waals surface area contributed by atoms with Crippen molar-refractivity contribution in [2.75, 3.05) is 0 Å². The molecule has 0 aromatic heterocycles. The van der Waals surface area contributed by atoms with Gasteiger partial charge in [0.1, 0.15) is 5.56 Å². The molecule has 0 saturated carbocycles. The first-order valence-corrected chi connectivity index (χ1v) is 4.70. The first-order valence-electron chi connectivity index (χ1n) is 4.26. The summed E-state index contributed by atoms with van der Waals surface area (Å²) in [6.45, 7) is 1.57. The lowest BCUT2D eigenvalue weighted by Gasteiger charge is -1.99. The van der Waals surface area contributed by atoms with Crippen molar-refractivity contribution in [3.63, 3.8) is 0 Å². The highest BCUT2D eigenvalue weighted by atomic mass is 35.5. The number of unbranched alkanes of at least 4 members (excludes halogenated alkanes) is 2. The number of hydrogen-bond donors (Lipinski definition) is 2. The van der Waals surface area contributed by atoms with Crippen molar-refractivity contribution in [1.29, 1.82) is 0 Å². The maximum Gasteiger partial charge on any atom is 0.330 e. The van der Waals surface area contributed by atoms with Crippen LogP contribution in [0.4, 0.5) is 0 Å². The molecule has 76 valence electrons. The zero-order valence-corrected chi connectivity index (χ0v) is 8.42. The number of aliphatic hydroxyl groups is 1. The van der Waals surface area contributed by atoms with Crippen LogP contribution < -0.4 is 0 Å². The molecule has 0 saturated heterocycles. The van der Waals surface area contributed by atoms with E-state index in [1.54, 1.807) is 13.0 Å². The Kier molecular flexibility index (Phi) is 6.63. The lowest BCUT2D eigenvalue weighted by Crippen LogP contribution is -1.96. The van der Waals surface area contributed by atoms with Crippen LogP contribution in [0, 0.1) is 0 Å². The molecule has 1 unspecified atom stereocenters. The molecule has 13 heavy (non-hydrogen) atoms. The van der Waals surface area contributed by atoms with E-state index in [0.29, 0.717) is 12.0 Å². The van der Waals surface area contributed by atoms with Crippen molar-refractivity contribution in [2.24, 2.45) is 0 Å². The Morgan fingerprint density at radius 3 is 2.62 bits per heavy atom. The van der Waals surface area contributed by atoms with Crippen LogP contribution in [-0.2, 0) is 4.79 Å². The van der Waals surface area contributed by atoms with Crippen LogP contribution >= 0.6 is 11.6 Å². The first-order chi connectivity index (χ1) is 6.04. The second kappa shape index (κ2) is 6.92. The number of carbonyl (C=O) groups is 1. The summed E-state index contributed by atoms with van der Waals surface area (Å²) in [5.41, 5.74) is -0.407. The summed E-state index contributed by atoms with van der Waals surface area (Å²) in [5.74, 6) is -0.877. The van der Waals surface area contributed by atoms with Gasteiger partial charge < -0.3 is 10.2 Å². The van der Waals surface area contributed by atoms with Gasteiger partial charge in [0.25, 0.3) is 0 Å². The van der Waals surface area contributed by atoms with Crippen molar-refractivity contribution in [3.8, 4) is 0 Å². The van der Waals surface area contributed by atoms with Gasteiger partial charge in [-0.3, -0.25) is 0 Å². The van der Waals surface area contributed by atoms with E-state index >= 15 is 0 Å². The first kappa shape index (κ1) is 12.5. The second-order valence-electron chi connectivity index (χ2n) is 2.91. The summed E-state index contributed by atoms with van der Waals surface area (Å²) < 4.78 is 0. The van der Waals surface area contributed by atoms with Gasteiger partial charge >= 0.3 is 5.97 Å². The highest BCUT2D eigenvalue weighted by Crippen LogP contribution is 2.07. The van der Waals surface area contributed by atoms with Gasteiger partial charge in [0.05, 0.1) is 0 Å². The second-order valence-corrected chi connectivity index (χ2v) is 3.42. The van der Waals surface area contributed by atoms with Crippen molar-refractivity contribution in [2.45, 2.75) is 38.2 Å². The number of carboxylic acids is 1. The predicted molar refractivity (Wildman–Crippen MR) is 51.7 cm³/mol. The number of allylic oxidation sites excluding steroid dienone is 1. The number of carboxylic acid groups (broad SMARTS) is 1. The van der Waals surface area contributed by atoms with Crippen LogP contribution in [0.5, 0.6) is 0 Å². The summed E-state index contributed by atoms with van der Waals surface area (Å²) in [6, 6.07) is 0. The fourth-order valence-electron chi connectivity index (χ4n) is 0.863. The number of aliphatic carboxylic acids is 1. The SMILES string of the molecule is CC(=CCCCCC(O)Cl)C(=O)O.